The van der Waals surface area contributed by atoms with Gasteiger partial charge in [-0.25, -0.2) is 0 Å². The second-order valence-corrected chi connectivity index (χ2v) is 9.98. The maximum atomic E-state index is 2.50. The molecule has 0 aromatic carbocycles. The topological polar surface area (TPSA) is 3.24 Å². The van der Waals surface area contributed by atoms with Crippen LogP contribution in [-0.2, 0) is 21.0 Å². The van der Waals surface area contributed by atoms with Gasteiger partial charge in [0.25, 0.3) is 0 Å². The molecule has 2 aliphatic carbocycles. The van der Waals surface area contributed by atoms with E-state index in [1.165, 1.54) is 12.8 Å². The minimum Gasteiger partial charge on any atom is -0.147 e. The second kappa shape index (κ2) is 8.53. The fraction of sp³-hybridized carbons (Fsp3) is 0.333. The van der Waals surface area contributed by atoms with E-state index >= 15 is 0 Å². The number of rotatable bonds is 3. The van der Waals surface area contributed by atoms with Crippen molar-refractivity contribution >= 4 is 29.3 Å². The molecular weight excluding hydrogens is 331 g/mol. The van der Waals surface area contributed by atoms with Crippen LogP contribution in [0.15, 0.2) is 43.0 Å². The molecular formula is C12H18BCl2NZr. The van der Waals surface area contributed by atoms with E-state index in [1.807, 2.05) is 0 Å². The van der Waals surface area contributed by atoms with Crippen molar-refractivity contribution in [1.82, 2.24) is 4.81 Å². The fourth-order valence-electron chi connectivity index (χ4n) is 1.92. The van der Waals surface area contributed by atoms with Gasteiger partial charge in [-0.15, -0.1) is 24.8 Å². The smallest absolute Gasteiger partial charge is 0.147 e. The molecule has 17 heavy (non-hydrogen) atoms. The van der Waals surface area contributed by atoms with Crippen molar-refractivity contribution in [3.63, 3.8) is 0 Å². The quantitative estimate of drug-likeness (QED) is 0.708. The van der Waals surface area contributed by atoms with Crippen LogP contribution in [0.4, 0.5) is 0 Å². The molecule has 0 bridgehead atoms. The van der Waals surface area contributed by atoms with Gasteiger partial charge < -0.3 is 0 Å². The molecule has 0 amide bonds. The molecule has 92 valence electrons. The van der Waals surface area contributed by atoms with Crippen molar-refractivity contribution in [1.29, 1.82) is 0 Å². The molecule has 5 heteroatoms. The van der Waals surface area contributed by atoms with Gasteiger partial charge in [0.2, 0.25) is 0 Å². The number of halogens is 2. The van der Waals surface area contributed by atoms with Crippen LogP contribution in [0.2, 0.25) is 0 Å². The van der Waals surface area contributed by atoms with E-state index in [1.54, 1.807) is 6.56 Å². The molecule has 0 N–H and O–H groups in total. The molecule has 2 aliphatic rings. The Morgan fingerprint density at radius 1 is 1.00 bits per heavy atom. The van der Waals surface area contributed by atoms with Crippen molar-refractivity contribution in [3.05, 3.63) is 43.0 Å². The Bertz CT molecular complexity index is 377. The SMILES string of the molecule is CN(C)[B]=[Zr]([C]1=CC=CC1)[C]1=CC=CC1.Cl.Cl. The minimum atomic E-state index is -1.62. The van der Waals surface area contributed by atoms with Crippen molar-refractivity contribution in [2.45, 2.75) is 12.8 Å². The maximum absolute atomic E-state index is 2.50. The normalized spacial score (nSPS) is 15.9. The molecule has 0 aromatic rings. The van der Waals surface area contributed by atoms with Crippen LogP contribution in [0.25, 0.3) is 0 Å². The number of hydrogen-bond donors (Lipinski definition) is 0. The van der Waals surface area contributed by atoms with Crippen LogP contribution < -0.4 is 0 Å². The molecule has 0 atom stereocenters. The first-order valence-corrected chi connectivity index (χ1v) is 9.25. The summed E-state index contributed by atoms with van der Waals surface area (Å²) >= 11 is -1.62. The molecule has 0 radical (unpaired) electrons. The van der Waals surface area contributed by atoms with E-state index in [0.29, 0.717) is 0 Å². The van der Waals surface area contributed by atoms with Gasteiger partial charge in [0.1, 0.15) is 0 Å². The molecule has 0 fully saturated rings. The van der Waals surface area contributed by atoms with Crippen LogP contribution in [0.5, 0.6) is 0 Å². The summed E-state index contributed by atoms with van der Waals surface area (Å²) in [5, 5.41) is 0. The van der Waals surface area contributed by atoms with Crippen LogP contribution >= 0.6 is 24.8 Å². The van der Waals surface area contributed by atoms with E-state index in [4.69, 9.17) is 0 Å². The minimum absolute atomic E-state index is 0. The average molecular weight is 349 g/mol. The molecule has 0 aromatic heterocycles. The molecule has 0 saturated heterocycles. The van der Waals surface area contributed by atoms with Crippen LogP contribution in [0.1, 0.15) is 12.8 Å². The predicted molar refractivity (Wildman–Crippen MR) is 77.6 cm³/mol. The van der Waals surface area contributed by atoms with Gasteiger partial charge in [0.05, 0.1) is 0 Å². The van der Waals surface area contributed by atoms with E-state index < -0.39 is 21.0 Å². The number of nitrogens with zero attached hydrogens (tertiary/aromatic N) is 1. The summed E-state index contributed by atoms with van der Waals surface area (Å²) in [6, 6.07) is 0. The summed E-state index contributed by atoms with van der Waals surface area (Å²) in [5.41, 5.74) is 0. The van der Waals surface area contributed by atoms with E-state index in [-0.39, 0.29) is 24.8 Å². The first-order chi connectivity index (χ1) is 7.27. The van der Waals surface area contributed by atoms with Crippen molar-refractivity contribution < 1.29 is 21.0 Å². The first kappa shape index (κ1) is 17.4. The molecule has 0 unspecified atom stereocenters. The summed E-state index contributed by atoms with van der Waals surface area (Å²) < 4.78 is 5.92. The summed E-state index contributed by atoms with van der Waals surface area (Å²) in [5.74, 6) is 0. The van der Waals surface area contributed by atoms with Crippen LogP contribution in [0.3, 0.4) is 0 Å². The first-order valence-electron chi connectivity index (χ1n) is 5.38. The third kappa shape index (κ3) is 4.91. The Morgan fingerprint density at radius 2 is 1.47 bits per heavy atom. The molecule has 0 aliphatic heterocycles. The molecule has 0 heterocycles. The van der Waals surface area contributed by atoms with E-state index in [2.05, 4.69) is 59.9 Å². The zero-order valence-corrected chi connectivity index (χ0v) is 14.3. The van der Waals surface area contributed by atoms with Crippen molar-refractivity contribution in [2.24, 2.45) is 0 Å². The number of hydrogen-bond acceptors (Lipinski definition) is 1. The van der Waals surface area contributed by atoms with Gasteiger partial charge in [-0.05, 0) is 0 Å². The zero-order chi connectivity index (χ0) is 10.7. The van der Waals surface area contributed by atoms with Crippen LogP contribution in [-0.4, -0.2) is 23.4 Å². The van der Waals surface area contributed by atoms with Gasteiger partial charge in [0, 0.05) is 0 Å². The van der Waals surface area contributed by atoms with Gasteiger partial charge >= 0.3 is 100 Å². The summed E-state index contributed by atoms with van der Waals surface area (Å²) in [4.78, 5) is 2.24. The number of allylic oxidation sites excluding steroid dienone is 8. The Hall–Kier alpha value is 0.448. The van der Waals surface area contributed by atoms with Gasteiger partial charge in [-0.3, -0.25) is 0 Å². The molecule has 1 nitrogen and oxygen atoms in total. The van der Waals surface area contributed by atoms with Gasteiger partial charge in [-0.1, -0.05) is 0 Å². The largest absolute Gasteiger partial charge is 0.147 e. The van der Waals surface area contributed by atoms with Crippen LogP contribution in [0, 0.1) is 0 Å². The monoisotopic (exact) mass is 347 g/mol. The predicted octanol–water partition coefficient (Wildman–Crippen LogP) is 3.23. The Kier molecular flexibility index (Phi) is 8.76. The maximum Gasteiger partial charge on any atom is -0.147 e. The summed E-state index contributed by atoms with van der Waals surface area (Å²) in [7, 11) is 4.29. The van der Waals surface area contributed by atoms with Crippen molar-refractivity contribution in [2.75, 3.05) is 14.1 Å². The Morgan fingerprint density at radius 3 is 1.76 bits per heavy atom. The Labute approximate surface area is 124 Å². The zero-order valence-electron chi connectivity index (χ0n) is 10.2. The van der Waals surface area contributed by atoms with Crippen molar-refractivity contribution in [3.8, 4) is 0 Å². The standard InChI is InChI=1S/2C5H5.C2H6BN.2ClH.Zr/c2*1-2-4-5-3-1;1-4(2)3;;;/h2*1-3H,4H2;1-2H3;2*1H;. The summed E-state index contributed by atoms with van der Waals surface area (Å²) in [6.07, 6.45) is 16.0. The van der Waals surface area contributed by atoms with E-state index in [0.717, 1.165) is 0 Å². The fourth-order valence-corrected chi connectivity index (χ4v) is 8.04. The second-order valence-electron chi connectivity index (χ2n) is 4.15. The van der Waals surface area contributed by atoms with Gasteiger partial charge in [0.15, 0.2) is 0 Å². The third-order valence-electron chi connectivity index (χ3n) is 2.62. The average Bonchev–Trinajstić information content (AvgIpc) is 2.87. The third-order valence-corrected chi connectivity index (χ3v) is 9.75. The Balaban J connectivity index is 0.00000128. The van der Waals surface area contributed by atoms with E-state index in [9.17, 15) is 0 Å². The summed E-state index contributed by atoms with van der Waals surface area (Å²) in [6.45, 7) is 0. The molecule has 0 saturated carbocycles. The molecule has 0 spiro atoms. The van der Waals surface area contributed by atoms with Gasteiger partial charge in [-0.2, -0.15) is 0 Å². The molecule has 2 rings (SSSR count).